The molecule has 112 valence electrons. The molecule has 2 N–H and O–H groups in total. The van der Waals surface area contributed by atoms with Gasteiger partial charge in [0.1, 0.15) is 5.75 Å². The number of nitrogens with zero attached hydrogens (tertiary/aromatic N) is 1. The van der Waals surface area contributed by atoms with Crippen molar-refractivity contribution in [1.29, 1.82) is 0 Å². The number of ether oxygens (including phenoxy) is 1. The molecule has 0 fully saturated rings. The second-order valence-electron chi connectivity index (χ2n) is 5.49. The Morgan fingerprint density at radius 2 is 2.15 bits per heavy atom. The number of hydrogen-bond acceptors (Lipinski definition) is 5. The predicted molar refractivity (Wildman–Crippen MR) is 76.8 cm³/mol. The molecule has 1 rings (SSSR count). The molecular formula is C14H22N2O4. The molecule has 20 heavy (non-hydrogen) atoms. The van der Waals surface area contributed by atoms with E-state index in [2.05, 4.69) is 19.2 Å². The second kappa shape index (κ2) is 7.21. The molecule has 0 spiro atoms. The Balaban J connectivity index is 2.71. The number of aliphatic hydroxyl groups is 1. The van der Waals surface area contributed by atoms with Crippen LogP contribution in [0.2, 0.25) is 0 Å². The molecule has 0 aromatic heterocycles. The Morgan fingerprint density at radius 3 is 2.70 bits per heavy atom. The SMILES string of the molecule is COc1ccc([N+](=O)[O-])cc1CNCC(C)(C)CCO. The van der Waals surface area contributed by atoms with Crippen LogP contribution in [0.1, 0.15) is 25.8 Å². The number of benzene rings is 1. The fraction of sp³-hybridized carbons (Fsp3) is 0.571. The van der Waals surface area contributed by atoms with Crippen LogP contribution in [-0.2, 0) is 6.54 Å². The normalized spacial score (nSPS) is 11.4. The molecule has 0 bridgehead atoms. The van der Waals surface area contributed by atoms with E-state index in [1.807, 2.05) is 0 Å². The fourth-order valence-electron chi connectivity index (χ4n) is 1.94. The third-order valence-electron chi connectivity index (χ3n) is 3.18. The highest BCUT2D eigenvalue weighted by Gasteiger charge is 2.17. The first-order valence-corrected chi connectivity index (χ1v) is 6.52. The molecule has 0 saturated carbocycles. The van der Waals surface area contributed by atoms with Crippen molar-refractivity contribution in [3.63, 3.8) is 0 Å². The molecule has 0 radical (unpaired) electrons. The average molecular weight is 282 g/mol. The lowest BCUT2D eigenvalue weighted by molar-refractivity contribution is -0.384. The minimum absolute atomic E-state index is 0.0251. The maximum absolute atomic E-state index is 10.8. The first-order chi connectivity index (χ1) is 9.39. The van der Waals surface area contributed by atoms with Crippen LogP contribution in [0.25, 0.3) is 0 Å². The molecule has 0 amide bonds. The summed E-state index contributed by atoms with van der Waals surface area (Å²) in [6.45, 7) is 5.45. The summed E-state index contributed by atoms with van der Waals surface area (Å²) in [5.41, 5.74) is 0.779. The Kier molecular flexibility index (Phi) is 5.91. The van der Waals surface area contributed by atoms with Gasteiger partial charge in [-0.15, -0.1) is 0 Å². The predicted octanol–water partition coefficient (Wildman–Crippen LogP) is 2.10. The van der Waals surface area contributed by atoms with E-state index >= 15 is 0 Å². The van der Waals surface area contributed by atoms with E-state index in [1.54, 1.807) is 13.2 Å². The van der Waals surface area contributed by atoms with E-state index < -0.39 is 4.92 Å². The molecule has 1 aromatic carbocycles. The lowest BCUT2D eigenvalue weighted by Crippen LogP contribution is -2.30. The first-order valence-electron chi connectivity index (χ1n) is 6.52. The van der Waals surface area contributed by atoms with Crippen LogP contribution >= 0.6 is 0 Å². The van der Waals surface area contributed by atoms with Gasteiger partial charge in [0.25, 0.3) is 5.69 Å². The zero-order valence-electron chi connectivity index (χ0n) is 12.2. The third-order valence-corrected chi connectivity index (χ3v) is 3.18. The van der Waals surface area contributed by atoms with Gasteiger partial charge in [-0.2, -0.15) is 0 Å². The van der Waals surface area contributed by atoms with E-state index in [0.717, 1.165) is 5.56 Å². The van der Waals surface area contributed by atoms with Crippen LogP contribution in [0.3, 0.4) is 0 Å². The Morgan fingerprint density at radius 1 is 1.45 bits per heavy atom. The highest BCUT2D eigenvalue weighted by Crippen LogP contribution is 2.24. The Labute approximate surface area is 118 Å². The topological polar surface area (TPSA) is 84.6 Å². The monoisotopic (exact) mass is 282 g/mol. The van der Waals surface area contributed by atoms with Crippen LogP contribution < -0.4 is 10.1 Å². The molecule has 0 aliphatic rings. The number of rotatable bonds is 8. The van der Waals surface area contributed by atoms with Crippen molar-refractivity contribution in [2.75, 3.05) is 20.3 Å². The summed E-state index contributed by atoms with van der Waals surface area (Å²) in [6.07, 6.45) is 0.700. The van der Waals surface area contributed by atoms with Gasteiger partial charge >= 0.3 is 0 Å². The average Bonchev–Trinajstić information content (AvgIpc) is 2.38. The standard InChI is InChI=1S/C14H22N2O4/c1-14(2,6-7-17)10-15-9-11-8-12(16(18)19)4-5-13(11)20-3/h4-5,8,15,17H,6-7,9-10H2,1-3H3. The van der Waals surface area contributed by atoms with Crippen molar-refractivity contribution >= 4 is 5.69 Å². The number of nitro groups is 1. The zero-order chi connectivity index (χ0) is 15.2. The van der Waals surface area contributed by atoms with Crippen molar-refractivity contribution in [2.24, 2.45) is 5.41 Å². The number of non-ortho nitro benzene ring substituents is 1. The summed E-state index contributed by atoms with van der Waals surface area (Å²) >= 11 is 0. The largest absolute Gasteiger partial charge is 0.496 e. The summed E-state index contributed by atoms with van der Waals surface area (Å²) in [4.78, 5) is 10.4. The van der Waals surface area contributed by atoms with Crippen LogP contribution in [0.15, 0.2) is 18.2 Å². The summed E-state index contributed by atoms with van der Waals surface area (Å²) in [7, 11) is 1.54. The molecule has 0 saturated heterocycles. The summed E-state index contributed by atoms with van der Waals surface area (Å²) in [5, 5.41) is 23.0. The fourth-order valence-corrected chi connectivity index (χ4v) is 1.94. The Hall–Kier alpha value is -1.66. The number of nitrogens with one attached hydrogen (secondary N) is 1. The highest BCUT2D eigenvalue weighted by atomic mass is 16.6. The van der Waals surface area contributed by atoms with Gasteiger partial charge in [-0.3, -0.25) is 10.1 Å². The van der Waals surface area contributed by atoms with E-state index in [-0.39, 0.29) is 17.7 Å². The maximum atomic E-state index is 10.8. The summed E-state index contributed by atoms with van der Waals surface area (Å²) < 4.78 is 5.21. The molecule has 1 aromatic rings. The molecule has 0 aliphatic carbocycles. The van der Waals surface area contributed by atoms with Gasteiger partial charge in [0.2, 0.25) is 0 Å². The van der Waals surface area contributed by atoms with Gasteiger partial charge in [-0.05, 0) is 17.9 Å². The molecule has 6 heteroatoms. The molecule has 6 nitrogen and oxygen atoms in total. The minimum atomic E-state index is -0.418. The summed E-state index contributed by atoms with van der Waals surface area (Å²) in [6, 6.07) is 4.55. The van der Waals surface area contributed by atoms with Crippen molar-refractivity contribution in [2.45, 2.75) is 26.8 Å². The lowest BCUT2D eigenvalue weighted by atomic mass is 9.90. The second-order valence-corrected chi connectivity index (χ2v) is 5.49. The molecule has 0 heterocycles. The lowest BCUT2D eigenvalue weighted by Gasteiger charge is -2.24. The van der Waals surface area contributed by atoms with Crippen molar-refractivity contribution in [3.8, 4) is 5.75 Å². The minimum Gasteiger partial charge on any atom is -0.496 e. The maximum Gasteiger partial charge on any atom is 0.270 e. The zero-order valence-corrected chi connectivity index (χ0v) is 12.2. The van der Waals surface area contributed by atoms with E-state index in [0.29, 0.717) is 25.3 Å². The smallest absolute Gasteiger partial charge is 0.270 e. The Bertz CT molecular complexity index is 460. The van der Waals surface area contributed by atoms with Gasteiger partial charge in [0.15, 0.2) is 0 Å². The van der Waals surface area contributed by atoms with Crippen LogP contribution in [0, 0.1) is 15.5 Å². The highest BCUT2D eigenvalue weighted by molar-refractivity contribution is 5.43. The first kappa shape index (κ1) is 16.4. The molecule has 0 aliphatic heterocycles. The van der Waals surface area contributed by atoms with Crippen LogP contribution in [0.4, 0.5) is 5.69 Å². The van der Waals surface area contributed by atoms with E-state index in [9.17, 15) is 10.1 Å². The van der Waals surface area contributed by atoms with Crippen molar-refractivity contribution < 1.29 is 14.8 Å². The summed E-state index contributed by atoms with van der Waals surface area (Å²) in [5.74, 6) is 0.628. The third kappa shape index (κ3) is 4.79. The molecule has 0 unspecified atom stereocenters. The number of methoxy groups -OCH3 is 1. The van der Waals surface area contributed by atoms with E-state index in [4.69, 9.17) is 9.84 Å². The number of nitro benzene ring substituents is 1. The molecular weight excluding hydrogens is 260 g/mol. The van der Waals surface area contributed by atoms with Gasteiger partial charge in [0, 0.05) is 37.4 Å². The number of hydrogen-bond donors (Lipinski definition) is 2. The van der Waals surface area contributed by atoms with E-state index in [1.165, 1.54) is 12.1 Å². The number of aliphatic hydroxyl groups excluding tert-OH is 1. The quantitative estimate of drug-likeness (QED) is 0.563. The van der Waals surface area contributed by atoms with Gasteiger partial charge < -0.3 is 15.2 Å². The van der Waals surface area contributed by atoms with Gasteiger partial charge in [-0.25, -0.2) is 0 Å². The van der Waals surface area contributed by atoms with Crippen molar-refractivity contribution in [1.82, 2.24) is 5.32 Å². The van der Waals surface area contributed by atoms with Crippen molar-refractivity contribution in [3.05, 3.63) is 33.9 Å². The molecule has 0 atom stereocenters. The van der Waals surface area contributed by atoms with Gasteiger partial charge in [0.05, 0.1) is 12.0 Å². The van der Waals surface area contributed by atoms with Gasteiger partial charge in [-0.1, -0.05) is 13.8 Å². The van der Waals surface area contributed by atoms with Crippen LogP contribution in [-0.4, -0.2) is 30.3 Å². The van der Waals surface area contributed by atoms with Crippen LogP contribution in [0.5, 0.6) is 5.75 Å².